The molecule has 2 aromatic heterocycles. The highest BCUT2D eigenvalue weighted by Crippen LogP contribution is 2.24. The summed E-state index contributed by atoms with van der Waals surface area (Å²) in [6.07, 6.45) is 2.73. The van der Waals surface area contributed by atoms with Crippen LogP contribution in [0.4, 0.5) is 5.95 Å². The van der Waals surface area contributed by atoms with Crippen molar-refractivity contribution in [3.8, 4) is 0 Å². The van der Waals surface area contributed by atoms with Gasteiger partial charge < -0.3 is 5.32 Å². The highest BCUT2D eigenvalue weighted by atomic mass is 35.5. The molecule has 1 saturated heterocycles. The SMILES string of the molecule is Cc1nn(C)c(C)c1CC(C)C(=O)Nc1nc(C2CCNCC2)nn1C.Cl. The molecule has 0 bridgehead atoms. The normalized spacial score (nSPS) is 16.0. The van der Waals surface area contributed by atoms with Gasteiger partial charge in [-0.15, -0.1) is 12.4 Å². The lowest BCUT2D eigenvalue weighted by Crippen LogP contribution is -2.27. The van der Waals surface area contributed by atoms with Crippen LogP contribution in [0.2, 0.25) is 0 Å². The first-order valence-electron chi connectivity index (χ1n) is 9.28. The van der Waals surface area contributed by atoms with E-state index in [0.29, 0.717) is 18.3 Å². The third-order valence-electron chi connectivity index (χ3n) is 5.34. The van der Waals surface area contributed by atoms with Crippen molar-refractivity contribution in [2.24, 2.45) is 20.0 Å². The van der Waals surface area contributed by atoms with Crippen molar-refractivity contribution in [2.75, 3.05) is 18.4 Å². The Hall–Kier alpha value is -1.93. The molecule has 9 heteroatoms. The number of halogens is 1. The Bertz CT molecular complexity index is 792. The van der Waals surface area contributed by atoms with Crippen LogP contribution in [0.15, 0.2) is 0 Å². The summed E-state index contributed by atoms with van der Waals surface area (Å²) >= 11 is 0. The Balaban J connectivity index is 0.00000261. The molecule has 1 amide bonds. The molecular weight excluding hydrogens is 366 g/mol. The van der Waals surface area contributed by atoms with Crippen molar-refractivity contribution >= 4 is 24.3 Å². The number of carbonyl (C=O) groups is 1. The summed E-state index contributed by atoms with van der Waals surface area (Å²) in [6.45, 7) is 7.94. The van der Waals surface area contributed by atoms with Gasteiger partial charge in [-0.1, -0.05) is 6.92 Å². The van der Waals surface area contributed by atoms with Gasteiger partial charge in [0.05, 0.1) is 5.69 Å². The minimum Gasteiger partial charge on any atom is -0.317 e. The smallest absolute Gasteiger partial charge is 0.229 e. The number of rotatable bonds is 5. The zero-order chi connectivity index (χ0) is 18.8. The lowest BCUT2D eigenvalue weighted by molar-refractivity contribution is -0.119. The molecule has 150 valence electrons. The van der Waals surface area contributed by atoms with E-state index in [2.05, 4.69) is 25.8 Å². The molecule has 1 aliphatic rings. The van der Waals surface area contributed by atoms with Gasteiger partial charge in [0.1, 0.15) is 0 Å². The molecule has 27 heavy (non-hydrogen) atoms. The molecule has 3 heterocycles. The summed E-state index contributed by atoms with van der Waals surface area (Å²) in [6, 6.07) is 0. The summed E-state index contributed by atoms with van der Waals surface area (Å²) in [5, 5.41) is 15.2. The molecule has 1 atom stereocenters. The number of piperidine rings is 1. The third-order valence-corrected chi connectivity index (χ3v) is 5.34. The Labute approximate surface area is 166 Å². The van der Waals surface area contributed by atoms with Crippen molar-refractivity contribution in [3.05, 3.63) is 22.8 Å². The second-order valence-electron chi connectivity index (χ2n) is 7.31. The summed E-state index contributed by atoms with van der Waals surface area (Å²) in [5.74, 6) is 1.51. The number of carbonyl (C=O) groups excluding carboxylic acids is 1. The van der Waals surface area contributed by atoms with Gasteiger partial charge in [-0.05, 0) is 51.8 Å². The monoisotopic (exact) mass is 395 g/mol. The molecular formula is C18H30ClN7O. The van der Waals surface area contributed by atoms with E-state index in [1.165, 1.54) is 0 Å². The van der Waals surface area contributed by atoms with Crippen LogP contribution in [0.5, 0.6) is 0 Å². The zero-order valence-electron chi connectivity index (χ0n) is 16.7. The summed E-state index contributed by atoms with van der Waals surface area (Å²) in [5.41, 5.74) is 3.23. The molecule has 0 aromatic carbocycles. The number of hydrogen-bond donors (Lipinski definition) is 2. The van der Waals surface area contributed by atoms with Gasteiger partial charge in [-0.3, -0.25) is 14.8 Å². The van der Waals surface area contributed by atoms with Crippen LogP contribution in [0.3, 0.4) is 0 Å². The van der Waals surface area contributed by atoms with Gasteiger partial charge in [0.15, 0.2) is 5.82 Å². The average molecular weight is 396 g/mol. The Morgan fingerprint density at radius 3 is 2.48 bits per heavy atom. The van der Waals surface area contributed by atoms with Crippen LogP contribution in [-0.4, -0.2) is 43.5 Å². The molecule has 1 aliphatic heterocycles. The Morgan fingerprint density at radius 2 is 1.89 bits per heavy atom. The first kappa shape index (κ1) is 21.4. The zero-order valence-corrected chi connectivity index (χ0v) is 17.6. The van der Waals surface area contributed by atoms with E-state index in [9.17, 15) is 4.79 Å². The predicted molar refractivity (Wildman–Crippen MR) is 107 cm³/mol. The number of hydrogen-bond acceptors (Lipinski definition) is 5. The van der Waals surface area contributed by atoms with Gasteiger partial charge in [0.25, 0.3) is 0 Å². The van der Waals surface area contributed by atoms with Crippen LogP contribution in [0.25, 0.3) is 0 Å². The third kappa shape index (κ3) is 4.68. The highest BCUT2D eigenvalue weighted by molar-refractivity contribution is 5.91. The molecule has 8 nitrogen and oxygen atoms in total. The van der Waals surface area contributed by atoms with E-state index in [1.807, 2.05) is 39.5 Å². The molecule has 1 fully saturated rings. The molecule has 2 aromatic rings. The highest BCUT2D eigenvalue weighted by Gasteiger charge is 2.23. The van der Waals surface area contributed by atoms with E-state index in [4.69, 9.17) is 0 Å². The van der Waals surface area contributed by atoms with E-state index in [1.54, 1.807) is 4.68 Å². The Morgan fingerprint density at radius 1 is 1.22 bits per heavy atom. The van der Waals surface area contributed by atoms with Crippen molar-refractivity contribution in [3.63, 3.8) is 0 Å². The molecule has 0 radical (unpaired) electrons. The lowest BCUT2D eigenvalue weighted by Gasteiger charge is -2.19. The van der Waals surface area contributed by atoms with Crippen molar-refractivity contribution in [1.29, 1.82) is 0 Å². The van der Waals surface area contributed by atoms with E-state index >= 15 is 0 Å². The standard InChI is InChI=1S/C18H29N7O.ClH/c1-11(10-15-12(2)22-24(4)13(15)3)17(26)21-18-20-16(23-25(18)5)14-6-8-19-9-7-14;/h11,14,19H,6-10H2,1-5H3,(H,20,21,23,26);1H. The quantitative estimate of drug-likeness (QED) is 0.806. The van der Waals surface area contributed by atoms with Crippen molar-refractivity contribution < 1.29 is 4.79 Å². The van der Waals surface area contributed by atoms with Gasteiger partial charge in [-0.2, -0.15) is 15.2 Å². The van der Waals surface area contributed by atoms with E-state index < -0.39 is 0 Å². The van der Waals surface area contributed by atoms with E-state index in [0.717, 1.165) is 48.7 Å². The number of nitrogens with zero attached hydrogens (tertiary/aromatic N) is 5. The predicted octanol–water partition coefficient (Wildman–Crippen LogP) is 1.87. The fourth-order valence-corrected chi connectivity index (χ4v) is 3.51. The molecule has 3 rings (SSSR count). The molecule has 0 saturated carbocycles. The lowest BCUT2D eigenvalue weighted by atomic mass is 9.98. The first-order chi connectivity index (χ1) is 12.4. The second kappa shape index (κ2) is 8.84. The number of aryl methyl sites for hydroxylation is 3. The average Bonchev–Trinajstić information content (AvgIpc) is 3.10. The summed E-state index contributed by atoms with van der Waals surface area (Å²) in [7, 11) is 3.76. The number of anilines is 1. The largest absolute Gasteiger partial charge is 0.317 e. The fourth-order valence-electron chi connectivity index (χ4n) is 3.51. The second-order valence-corrected chi connectivity index (χ2v) is 7.31. The van der Waals surface area contributed by atoms with E-state index in [-0.39, 0.29) is 24.2 Å². The van der Waals surface area contributed by atoms with Crippen molar-refractivity contribution in [1.82, 2.24) is 29.9 Å². The minimum absolute atomic E-state index is 0. The maximum Gasteiger partial charge on any atom is 0.229 e. The van der Waals surface area contributed by atoms with Crippen molar-refractivity contribution in [2.45, 2.75) is 46.0 Å². The first-order valence-corrected chi connectivity index (χ1v) is 9.28. The van der Waals surface area contributed by atoms with Gasteiger partial charge in [0.2, 0.25) is 11.9 Å². The number of amides is 1. The van der Waals surface area contributed by atoms with Gasteiger partial charge in [0, 0.05) is 31.6 Å². The molecule has 2 N–H and O–H groups in total. The molecule has 1 unspecified atom stereocenters. The number of nitrogens with one attached hydrogen (secondary N) is 2. The molecule has 0 aliphatic carbocycles. The minimum atomic E-state index is -0.171. The van der Waals surface area contributed by atoms with Crippen LogP contribution >= 0.6 is 12.4 Å². The maximum absolute atomic E-state index is 12.7. The topological polar surface area (TPSA) is 89.7 Å². The Kier molecular flexibility index (Phi) is 7.00. The van der Waals surface area contributed by atoms with Crippen LogP contribution in [0, 0.1) is 19.8 Å². The maximum atomic E-state index is 12.7. The fraction of sp³-hybridized carbons (Fsp3) is 0.667. The van der Waals surface area contributed by atoms with Gasteiger partial charge in [-0.25, -0.2) is 4.68 Å². The molecule has 0 spiro atoms. The van der Waals surface area contributed by atoms with Gasteiger partial charge >= 0.3 is 0 Å². The summed E-state index contributed by atoms with van der Waals surface area (Å²) in [4.78, 5) is 17.2. The number of aromatic nitrogens is 5. The summed E-state index contributed by atoms with van der Waals surface area (Å²) < 4.78 is 3.53. The van der Waals surface area contributed by atoms with Crippen LogP contribution < -0.4 is 10.6 Å². The van der Waals surface area contributed by atoms with Crippen LogP contribution in [0.1, 0.15) is 48.5 Å². The van der Waals surface area contributed by atoms with Crippen LogP contribution in [-0.2, 0) is 25.3 Å².